The zero-order chi connectivity index (χ0) is 34.4. The zero-order valence-corrected chi connectivity index (χ0v) is 30.3. The van der Waals surface area contributed by atoms with Crippen molar-refractivity contribution in [2.75, 3.05) is 19.8 Å². The maximum absolute atomic E-state index is 12.7. The van der Waals surface area contributed by atoms with E-state index in [1.165, 1.54) is 0 Å². The molecule has 1 spiro atoms. The monoisotopic (exact) mass is 818 g/mol. The molecule has 0 amide bonds. The van der Waals surface area contributed by atoms with Gasteiger partial charge in [0.1, 0.15) is 17.4 Å². The molecule has 4 aliphatic rings. The van der Waals surface area contributed by atoms with Gasteiger partial charge >= 0.3 is 0 Å². The van der Waals surface area contributed by atoms with Crippen LogP contribution in [-0.4, -0.2) is 56.7 Å². The Morgan fingerprint density at radius 3 is 2.02 bits per heavy atom. The van der Waals surface area contributed by atoms with E-state index in [1.54, 1.807) is 15.2 Å². The Hall–Kier alpha value is -3.28. The fourth-order valence-corrected chi connectivity index (χ4v) is 6.91. The third-order valence-corrected chi connectivity index (χ3v) is 9.71. The first-order valence-electron chi connectivity index (χ1n) is 16.0. The smallest absolute Gasteiger partial charge is 0.261 e. The van der Waals surface area contributed by atoms with Gasteiger partial charge in [0.25, 0.3) is 11.1 Å². The molecule has 0 bridgehead atoms. The Kier molecular flexibility index (Phi) is 11.7. The number of aromatic nitrogens is 4. The molecule has 1 unspecified atom stereocenters. The summed E-state index contributed by atoms with van der Waals surface area (Å²) in [6.07, 6.45) is 5.39. The number of carbonyl (C=O) groups is 1. The van der Waals surface area contributed by atoms with Gasteiger partial charge in [0.05, 0.1) is 46.8 Å². The third-order valence-electron chi connectivity index (χ3n) is 8.65. The second-order valence-corrected chi connectivity index (χ2v) is 13.8. The Morgan fingerprint density at radius 1 is 0.776 bits per heavy atom. The molecule has 0 radical (unpaired) electrons. The summed E-state index contributed by atoms with van der Waals surface area (Å²) >= 11 is 11.7. The molecular weight excluding hydrogens is 788 g/mol. The van der Waals surface area contributed by atoms with Gasteiger partial charge in [0, 0.05) is 67.2 Å². The number of aryl methyl sites for hydroxylation is 2. The van der Waals surface area contributed by atoms with E-state index in [4.69, 9.17) is 26.0 Å². The van der Waals surface area contributed by atoms with Crippen molar-refractivity contribution in [3.05, 3.63) is 77.7 Å². The van der Waals surface area contributed by atoms with Gasteiger partial charge in [0.2, 0.25) is 0 Å². The molecule has 6 heterocycles. The highest BCUT2D eigenvalue weighted by Crippen LogP contribution is 2.32. The maximum atomic E-state index is 12.7. The van der Waals surface area contributed by atoms with Crippen LogP contribution in [0.15, 0.2) is 75.1 Å². The maximum Gasteiger partial charge on any atom is 0.261 e. The lowest BCUT2D eigenvalue weighted by molar-refractivity contribution is -0.165. The molecule has 2 aromatic heterocycles. The Balaban J connectivity index is 0.000000136. The fourth-order valence-electron chi connectivity index (χ4n) is 6.18. The molecular formula is C32H33Br2ClN8O6. The van der Waals surface area contributed by atoms with Crippen molar-refractivity contribution in [1.29, 1.82) is 0 Å². The van der Waals surface area contributed by atoms with Crippen molar-refractivity contribution in [3.8, 4) is 0 Å². The average Bonchev–Trinajstić information content (AvgIpc) is 3.71. The summed E-state index contributed by atoms with van der Waals surface area (Å²) in [6, 6.07) is 11.0. The first kappa shape index (κ1) is 35.5. The lowest BCUT2D eigenvalue weighted by atomic mass is 10.1. The molecule has 2 aromatic carbocycles. The van der Waals surface area contributed by atoms with E-state index in [0.717, 1.165) is 52.0 Å². The molecule has 1 atom stereocenters. The van der Waals surface area contributed by atoms with Gasteiger partial charge < -0.3 is 14.2 Å². The van der Waals surface area contributed by atoms with Crippen molar-refractivity contribution in [2.24, 2.45) is 20.2 Å². The molecule has 4 aromatic rings. The number of nitrogens with zero attached hydrogens (tertiary/aromatic N) is 8. The van der Waals surface area contributed by atoms with Crippen LogP contribution in [0.3, 0.4) is 0 Å². The van der Waals surface area contributed by atoms with Gasteiger partial charge in [-0.2, -0.15) is 0 Å². The first-order chi connectivity index (χ1) is 23.7. The van der Waals surface area contributed by atoms with Gasteiger partial charge in [-0.1, -0.05) is 36.5 Å². The standard InChI is InChI=1S/C15H15BrN2O3.C13H11BrN2O2.C4H7ClN4O/c16-10-1-2-11-12(9-10)17-13-3-4-15(20-7-8-21-15)5-6-18(13)14(11)19;14-8-1-3-10-11(7-8)15-12-4-2-9(17)5-6-16(12)13(10)18;5-7-9-8-6-4-2-1-3-10-4/h1-2,9H,3-8H2;1,3,7H,2,4-6H2;4H,1-3H2. The van der Waals surface area contributed by atoms with Gasteiger partial charge in [0.15, 0.2) is 12.0 Å². The third kappa shape index (κ3) is 8.55. The van der Waals surface area contributed by atoms with Gasteiger partial charge in [-0.25, -0.2) is 9.97 Å². The number of rotatable bonds is 2. The second kappa shape index (κ2) is 16.2. The van der Waals surface area contributed by atoms with Crippen LogP contribution in [0.1, 0.15) is 50.2 Å². The number of carbonyl (C=O) groups excluding carboxylic acids is 1. The number of fused-ring (bicyclic) bond motifs is 4. The number of Topliss-reactive ketones (excluding diaryl/α,β-unsaturated/α-hetero) is 1. The highest BCUT2D eigenvalue weighted by atomic mass is 79.9. The van der Waals surface area contributed by atoms with E-state index >= 15 is 0 Å². The topological polar surface area (TPSA) is 164 Å². The van der Waals surface area contributed by atoms with Crippen molar-refractivity contribution < 1.29 is 19.0 Å². The largest absolute Gasteiger partial charge is 0.355 e. The lowest BCUT2D eigenvalue weighted by Crippen LogP contribution is -2.31. The van der Waals surface area contributed by atoms with Crippen molar-refractivity contribution in [3.63, 3.8) is 0 Å². The Morgan fingerprint density at radius 2 is 1.41 bits per heavy atom. The molecule has 2 saturated heterocycles. The van der Waals surface area contributed by atoms with Gasteiger partial charge in [-0.3, -0.25) is 23.5 Å². The van der Waals surface area contributed by atoms with E-state index < -0.39 is 5.79 Å². The lowest BCUT2D eigenvalue weighted by Gasteiger charge is -2.24. The summed E-state index contributed by atoms with van der Waals surface area (Å²) < 4.78 is 24.8. The van der Waals surface area contributed by atoms with Gasteiger partial charge in [-0.15, -0.1) is 5.11 Å². The summed E-state index contributed by atoms with van der Waals surface area (Å²) in [6.45, 7) is 3.06. The number of hydrogen-bond donors (Lipinski definition) is 0. The predicted octanol–water partition coefficient (Wildman–Crippen LogP) is 6.40. The summed E-state index contributed by atoms with van der Waals surface area (Å²) in [5.41, 5.74) is 1.41. The zero-order valence-electron chi connectivity index (χ0n) is 26.4. The number of hydrogen-bond acceptors (Lipinski definition) is 10. The SMILES string of the molecule is ClN=NN=NC1CCCO1.O=C1CCc2nc3cc(Br)ccc3c(=O)n2CC1.O=c1c2ccc(Br)cc2nc2n1CCC1(CC2)OCCO1. The molecule has 4 aliphatic heterocycles. The van der Waals surface area contributed by atoms with Crippen LogP contribution < -0.4 is 11.1 Å². The predicted molar refractivity (Wildman–Crippen MR) is 187 cm³/mol. The van der Waals surface area contributed by atoms with E-state index in [-0.39, 0.29) is 23.1 Å². The van der Waals surface area contributed by atoms with Crippen molar-refractivity contribution >= 4 is 71.2 Å². The number of ether oxygens (including phenoxy) is 3. The number of benzene rings is 2. The molecule has 0 saturated carbocycles. The molecule has 14 nitrogen and oxygen atoms in total. The van der Waals surface area contributed by atoms with E-state index in [9.17, 15) is 14.4 Å². The van der Waals surface area contributed by atoms with E-state index in [1.807, 2.05) is 30.3 Å². The van der Waals surface area contributed by atoms with E-state index in [2.05, 4.69) is 62.0 Å². The Labute approximate surface area is 302 Å². The minimum atomic E-state index is -0.521. The molecule has 8 rings (SSSR count). The van der Waals surface area contributed by atoms with Crippen LogP contribution in [0.4, 0.5) is 0 Å². The van der Waals surface area contributed by atoms with Crippen LogP contribution in [0, 0.1) is 0 Å². The highest BCUT2D eigenvalue weighted by Gasteiger charge is 2.38. The fraction of sp³-hybridized carbons (Fsp3) is 0.469. The van der Waals surface area contributed by atoms with Crippen LogP contribution >= 0.6 is 43.6 Å². The van der Waals surface area contributed by atoms with Crippen molar-refractivity contribution in [2.45, 2.75) is 76.5 Å². The van der Waals surface area contributed by atoms with Crippen LogP contribution in [-0.2, 0) is 44.9 Å². The summed E-state index contributed by atoms with van der Waals surface area (Å²) in [5.74, 6) is 1.22. The minimum absolute atomic E-state index is 0.0255. The molecule has 2 fully saturated rings. The molecule has 0 aliphatic carbocycles. The van der Waals surface area contributed by atoms with Crippen LogP contribution in [0.25, 0.3) is 21.8 Å². The molecule has 0 N–H and O–H groups in total. The average molecular weight is 821 g/mol. The highest BCUT2D eigenvalue weighted by molar-refractivity contribution is 9.10. The van der Waals surface area contributed by atoms with Gasteiger partial charge in [-0.05, 0) is 59.7 Å². The van der Waals surface area contributed by atoms with Crippen LogP contribution in [0.5, 0.6) is 0 Å². The van der Waals surface area contributed by atoms with E-state index in [0.29, 0.717) is 74.7 Å². The van der Waals surface area contributed by atoms with Crippen molar-refractivity contribution in [1.82, 2.24) is 19.1 Å². The number of halogens is 3. The quantitative estimate of drug-likeness (QED) is 0.166. The molecule has 258 valence electrons. The summed E-state index contributed by atoms with van der Waals surface area (Å²) in [4.78, 5) is 45.7. The van der Waals surface area contributed by atoms with Crippen LogP contribution in [0.2, 0.25) is 0 Å². The summed E-state index contributed by atoms with van der Waals surface area (Å²) in [7, 11) is 0. The second-order valence-electron chi connectivity index (χ2n) is 11.8. The summed E-state index contributed by atoms with van der Waals surface area (Å²) in [5, 5.41) is 11.3. The molecule has 49 heavy (non-hydrogen) atoms. The molecule has 17 heteroatoms. The minimum Gasteiger partial charge on any atom is -0.355 e. The number of ketones is 1. The first-order valence-corrected chi connectivity index (χ1v) is 17.9. The Bertz CT molecular complexity index is 2030. The normalized spacial score (nSPS) is 20.1.